The number of aryl methyl sites for hydroxylation is 2. The van der Waals surface area contributed by atoms with E-state index in [9.17, 15) is 9.59 Å². The summed E-state index contributed by atoms with van der Waals surface area (Å²) in [5.41, 5.74) is 3.05. The second-order valence-corrected chi connectivity index (χ2v) is 4.54. The molecule has 2 amide bonds. The Morgan fingerprint density at radius 2 is 2.00 bits per heavy atom. The minimum absolute atomic E-state index is 0.0668. The van der Waals surface area contributed by atoms with Crippen LogP contribution in [0.1, 0.15) is 11.1 Å². The van der Waals surface area contributed by atoms with Crippen molar-refractivity contribution in [2.24, 2.45) is 0 Å². The van der Waals surface area contributed by atoms with Crippen molar-refractivity contribution in [2.45, 2.75) is 13.8 Å². The Kier molecular flexibility index (Phi) is 3.23. The van der Waals surface area contributed by atoms with Gasteiger partial charge in [0.25, 0.3) is 0 Å². The Balaban J connectivity index is 2.20. The van der Waals surface area contributed by atoms with Crippen LogP contribution in [0.3, 0.4) is 0 Å². The summed E-state index contributed by atoms with van der Waals surface area (Å²) in [6, 6.07) is 5.89. The molecular weight excluding hydrogens is 232 g/mol. The fourth-order valence-corrected chi connectivity index (χ4v) is 2.20. The molecule has 1 aliphatic heterocycles. The summed E-state index contributed by atoms with van der Waals surface area (Å²) in [6.07, 6.45) is -1.04. The highest BCUT2D eigenvalue weighted by molar-refractivity contribution is 5.97. The molecule has 0 aromatic heterocycles. The van der Waals surface area contributed by atoms with Crippen molar-refractivity contribution in [3.05, 3.63) is 29.3 Å². The molecule has 1 fully saturated rings. The second-order valence-electron chi connectivity index (χ2n) is 4.54. The summed E-state index contributed by atoms with van der Waals surface area (Å²) in [4.78, 5) is 25.6. The summed E-state index contributed by atoms with van der Waals surface area (Å²) >= 11 is 0. The third-order valence-electron chi connectivity index (χ3n) is 3.13. The molecule has 1 aromatic rings. The molecule has 1 aromatic carbocycles. The Labute approximate surface area is 106 Å². The van der Waals surface area contributed by atoms with E-state index in [1.807, 2.05) is 32.0 Å². The molecule has 0 atom stereocenters. The summed E-state index contributed by atoms with van der Waals surface area (Å²) < 4.78 is 0. The Morgan fingerprint density at radius 1 is 1.28 bits per heavy atom. The number of piperazine rings is 1. The van der Waals surface area contributed by atoms with Crippen LogP contribution >= 0.6 is 0 Å². The van der Waals surface area contributed by atoms with Gasteiger partial charge in [0.2, 0.25) is 5.91 Å². The number of rotatable bonds is 1. The van der Waals surface area contributed by atoms with Gasteiger partial charge in [-0.2, -0.15) is 0 Å². The van der Waals surface area contributed by atoms with Crippen LogP contribution in [0, 0.1) is 13.8 Å². The number of hydrogen-bond acceptors (Lipinski definition) is 2. The zero-order valence-electron chi connectivity index (χ0n) is 10.5. The minimum Gasteiger partial charge on any atom is -0.465 e. The molecule has 1 heterocycles. The third kappa shape index (κ3) is 2.30. The van der Waals surface area contributed by atoms with E-state index in [0.717, 1.165) is 21.7 Å². The van der Waals surface area contributed by atoms with Gasteiger partial charge in [0.05, 0.1) is 0 Å². The molecule has 0 saturated carbocycles. The number of carbonyl (C=O) groups is 2. The Morgan fingerprint density at radius 3 is 2.56 bits per heavy atom. The minimum atomic E-state index is -1.04. The van der Waals surface area contributed by atoms with Gasteiger partial charge < -0.3 is 10.0 Å². The van der Waals surface area contributed by atoms with Crippen LogP contribution in [0.25, 0.3) is 0 Å². The fraction of sp³-hybridized carbons (Fsp3) is 0.385. The fourth-order valence-electron chi connectivity index (χ4n) is 2.20. The van der Waals surface area contributed by atoms with Gasteiger partial charge in [0.1, 0.15) is 6.54 Å². The number of nitrogens with zero attached hydrogens (tertiary/aromatic N) is 2. The lowest BCUT2D eigenvalue weighted by atomic mass is 10.1. The average Bonchev–Trinajstić information content (AvgIpc) is 2.30. The van der Waals surface area contributed by atoms with Crippen LogP contribution in [0.15, 0.2) is 18.2 Å². The first-order valence-corrected chi connectivity index (χ1v) is 5.84. The molecule has 0 unspecified atom stereocenters. The van der Waals surface area contributed by atoms with Gasteiger partial charge >= 0.3 is 6.09 Å². The summed E-state index contributed by atoms with van der Waals surface area (Å²) in [5, 5.41) is 8.86. The topological polar surface area (TPSA) is 60.9 Å². The first kappa shape index (κ1) is 12.4. The molecular formula is C13H16N2O3. The van der Waals surface area contributed by atoms with E-state index in [-0.39, 0.29) is 12.5 Å². The van der Waals surface area contributed by atoms with E-state index in [2.05, 4.69) is 0 Å². The van der Waals surface area contributed by atoms with E-state index < -0.39 is 6.09 Å². The summed E-state index contributed by atoms with van der Waals surface area (Å²) in [6.45, 7) is 4.66. The SMILES string of the molecule is Cc1ccc(N2CCN(C(=O)O)CC2=O)c(C)c1. The smallest absolute Gasteiger partial charge is 0.407 e. The molecule has 1 aliphatic rings. The van der Waals surface area contributed by atoms with Crippen LogP contribution in [-0.4, -0.2) is 41.6 Å². The number of benzene rings is 1. The maximum atomic E-state index is 12.0. The molecule has 5 heteroatoms. The largest absolute Gasteiger partial charge is 0.465 e. The van der Waals surface area contributed by atoms with Crippen molar-refractivity contribution < 1.29 is 14.7 Å². The highest BCUT2D eigenvalue weighted by Crippen LogP contribution is 2.23. The van der Waals surface area contributed by atoms with Crippen LogP contribution in [0.4, 0.5) is 10.5 Å². The van der Waals surface area contributed by atoms with Gasteiger partial charge in [-0.1, -0.05) is 17.7 Å². The van der Waals surface area contributed by atoms with Gasteiger partial charge in [-0.15, -0.1) is 0 Å². The monoisotopic (exact) mass is 248 g/mol. The predicted octanol–water partition coefficient (Wildman–Crippen LogP) is 1.63. The molecule has 1 saturated heterocycles. The molecule has 5 nitrogen and oxygen atoms in total. The third-order valence-corrected chi connectivity index (χ3v) is 3.13. The first-order chi connectivity index (χ1) is 8.49. The highest BCUT2D eigenvalue weighted by Gasteiger charge is 2.28. The summed E-state index contributed by atoms with van der Waals surface area (Å²) in [7, 11) is 0. The molecule has 96 valence electrons. The number of hydrogen-bond donors (Lipinski definition) is 1. The van der Waals surface area contributed by atoms with Crippen LogP contribution in [0.5, 0.6) is 0 Å². The lowest BCUT2D eigenvalue weighted by Gasteiger charge is -2.33. The second kappa shape index (κ2) is 4.68. The maximum absolute atomic E-state index is 12.0. The predicted molar refractivity (Wildman–Crippen MR) is 67.9 cm³/mol. The highest BCUT2D eigenvalue weighted by atomic mass is 16.4. The van der Waals surface area contributed by atoms with Crippen molar-refractivity contribution in [3.8, 4) is 0 Å². The van der Waals surface area contributed by atoms with Gasteiger partial charge in [0, 0.05) is 18.8 Å². The molecule has 0 radical (unpaired) electrons. The van der Waals surface area contributed by atoms with E-state index in [4.69, 9.17) is 5.11 Å². The Bertz CT molecular complexity index is 499. The maximum Gasteiger partial charge on any atom is 0.407 e. The van der Waals surface area contributed by atoms with E-state index >= 15 is 0 Å². The van der Waals surface area contributed by atoms with Gasteiger partial charge in [0.15, 0.2) is 0 Å². The lowest BCUT2D eigenvalue weighted by Crippen LogP contribution is -2.52. The molecule has 18 heavy (non-hydrogen) atoms. The van der Waals surface area contributed by atoms with Crippen molar-refractivity contribution in [1.82, 2.24) is 4.90 Å². The quantitative estimate of drug-likeness (QED) is 0.821. The van der Waals surface area contributed by atoms with Crippen LogP contribution < -0.4 is 4.90 Å². The van der Waals surface area contributed by atoms with Gasteiger partial charge in [-0.05, 0) is 25.5 Å². The molecule has 2 rings (SSSR count). The molecule has 1 N–H and O–H groups in total. The summed E-state index contributed by atoms with van der Waals surface area (Å²) in [5.74, 6) is -0.171. The lowest BCUT2D eigenvalue weighted by molar-refractivity contribution is -0.120. The van der Waals surface area contributed by atoms with E-state index in [0.29, 0.717) is 13.1 Å². The van der Waals surface area contributed by atoms with E-state index in [1.165, 1.54) is 0 Å². The first-order valence-electron chi connectivity index (χ1n) is 5.84. The Hall–Kier alpha value is -2.04. The van der Waals surface area contributed by atoms with Gasteiger partial charge in [-0.25, -0.2) is 4.79 Å². The van der Waals surface area contributed by atoms with Crippen molar-refractivity contribution in [3.63, 3.8) is 0 Å². The van der Waals surface area contributed by atoms with Crippen LogP contribution in [-0.2, 0) is 4.79 Å². The average molecular weight is 248 g/mol. The van der Waals surface area contributed by atoms with Crippen molar-refractivity contribution in [1.29, 1.82) is 0 Å². The molecule has 0 aliphatic carbocycles. The van der Waals surface area contributed by atoms with Crippen molar-refractivity contribution in [2.75, 3.05) is 24.5 Å². The number of anilines is 1. The van der Waals surface area contributed by atoms with E-state index in [1.54, 1.807) is 4.90 Å². The molecule has 0 spiro atoms. The normalized spacial score (nSPS) is 16.0. The number of amides is 2. The zero-order chi connectivity index (χ0) is 13.3. The van der Waals surface area contributed by atoms with Crippen molar-refractivity contribution >= 4 is 17.7 Å². The molecule has 0 bridgehead atoms. The van der Waals surface area contributed by atoms with Crippen LogP contribution in [0.2, 0.25) is 0 Å². The van der Waals surface area contributed by atoms with Gasteiger partial charge in [-0.3, -0.25) is 9.69 Å². The number of carboxylic acid groups (broad SMARTS) is 1. The standard InChI is InChI=1S/C13H16N2O3/c1-9-3-4-11(10(2)7-9)15-6-5-14(13(17)18)8-12(15)16/h3-4,7H,5-6,8H2,1-2H3,(H,17,18). The number of carbonyl (C=O) groups excluding carboxylic acids is 1. The zero-order valence-corrected chi connectivity index (χ0v) is 10.5.